The normalized spacial score (nSPS) is 11.3. The zero-order chi connectivity index (χ0) is 4.99. The lowest BCUT2D eigenvalue weighted by Gasteiger charge is -1.87. The minimum absolute atomic E-state index is 0.447. The Morgan fingerprint density at radius 1 is 1.67 bits per heavy atom. The minimum atomic E-state index is 0.447. The molecule has 0 aromatic heterocycles. The number of nitrogens with zero attached hydrogens (tertiary/aromatic N) is 1. The molecule has 0 rings (SSSR count). The van der Waals surface area contributed by atoms with Gasteiger partial charge < -0.3 is 0 Å². The Morgan fingerprint density at radius 2 is 2.17 bits per heavy atom. The van der Waals surface area contributed by atoms with Gasteiger partial charge in [0.25, 0.3) is 0 Å². The molecule has 0 fully saturated rings. The summed E-state index contributed by atoms with van der Waals surface area (Å²) >= 11 is 0. The predicted molar refractivity (Wildman–Crippen MR) is 33.3 cm³/mol. The monoisotopic (exact) mass is 103 g/mol. The molecular weight excluding hydrogens is 93.0 g/mol. The lowest BCUT2D eigenvalue weighted by atomic mass is 10.4. The number of hydrogen-bond acceptors (Lipinski definition) is 1. The van der Waals surface area contributed by atoms with Crippen molar-refractivity contribution >= 4 is 15.2 Å². The topological polar surface area (TPSA) is 12.4 Å². The molecule has 1 nitrogen and oxygen atoms in total. The highest BCUT2D eigenvalue weighted by molar-refractivity contribution is 7.36. The van der Waals surface area contributed by atoms with Gasteiger partial charge in [0.15, 0.2) is 0 Å². The van der Waals surface area contributed by atoms with Gasteiger partial charge in [0.1, 0.15) is 0 Å². The Labute approximate surface area is 41.1 Å². The molecule has 0 amide bonds. The van der Waals surface area contributed by atoms with Crippen molar-refractivity contribution in [3.8, 4) is 0 Å². The van der Waals surface area contributed by atoms with Crippen molar-refractivity contribution in [3.63, 3.8) is 0 Å². The molecule has 0 saturated carbocycles. The van der Waals surface area contributed by atoms with Crippen molar-refractivity contribution < 1.29 is 0 Å². The predicted octanol–water partition coefficient (Wildman–Crippen LogP) is 1.30. The van der Waals surface area contributed by atoms with Crippen LogP contribution in [-0.2, 0) is 0 Å². The van der Waals surface area contributed by atoms with Crippen LogP contribution in [0.2, 0.25) is 0 Å². The third-order valence-electron chi connectivity index (χ3n) is 0.384. The number of hydrogen-bond donors (Lipinski definition) is 0. The van der Waals surface area contributed by atoms with Gasteiger partial charge in [-0.1, -0.05) is 9.24 Å². The van der Waals surface area contributed by atoms with E-state index in [2.05, 4.69) is 14.2 Å². The van der Waals surface area contributed by atoms with E-state index in [9.17, 15) is 0 Å². The summed E-state index contributed by atoms with van der Waals surface area (Å²) in [4.78, 5) is 3.96. The van der Waals surface area contributed by atoms with Crippen molar-refractivity contribution in [2.24, 2.45) is 4.99 Å². The van der Waals surface area contributed by atoms with Crippen LogP contribution in [0.25, 0.3) is 0 Å². The van der Waals surface area contributed by atoms with Gasteiger partial charge in [-0.25, -0.2) is 0 Å². The van der Waals surface area contributed by atoms with Crippen molar-refractivity contribution in [1.29, 1.82) is 0 Å². The van der Waals surface area contributed by atoms with Crippen LogP contribution in [0.4, 0.5) is 0 Å². The minimum Gasteiger partial charge on any atom is -0.291 e. The molecular formula is C4H10NP. The van der Waals surface area contributed by atoms with Crippen LogP contribution >= 0.6 is 9.24 Å². The van der Waals surface area contributed by atoms with Gasteiger partial charge in [0, 0.05) is 12.0 Å². The molecule has 0 spiro atoms. The fourth-order valence-electron chi connectivity index (χ4n) is 0.172. The molecule has 0 radical (unpaired) electrons. The number of rotatable bonds is 1. The van der Waals surface area contributed by atoms with Gasteiger partial charge in [0.05, 0.1) is 0 Å². The maximum Gasteiger partial charge on any atom is 0.0443 e. The second-order valence-electron chi connectivity index (χ2n) is 1.39. The molecule has 36 valence electrons. The molecule has 0 heterocycles. The molecule has 0 aromatic carbocycles. The summed E-state index contributed by atoms with van der Waals surface area (Å²) in [5, 5.41) is 0. The third-order valence-corrected chi connectivity index (χ3v) is 0.556. The van der Waals surface area contributed by atoms with Crippen LogP contribution in [0.15, 0.2) is 4.99 Å². The van der Waals surface area contributed by atoms with Gasteiger partial charge in [-0.2, -0.15) is 0 Å². The van der Waals surface area contributed by atoms with Crippen LogP contribution in [0.1, 0.15) is 13.8 Å². The van der Waals surface area contributed by atoms with E-state index in [0.717, 1.165) is 0 Å². The summed E-state index contributed by atoms with van der Waals surface area (Å²) < 4.78 is 0. The van der Waals surface area contributed by atoms with Crippen LogP contribution < -0.4 is 0 Å². The van der Waals surface area contributed by atoms with E-state index in [1.165, 1.54) is 0 Å². The summed E-state index contributed by atoms with van der Waals surface area (Å²) in [6.45, 7) is 4.08. The Hall–Kier alpha value is 0.100. The fraction of sp³-hybridized carbons (Fsp3) is 0.750. The summed E-state index contributed by atoms with van der Waals surface area (Å²) in [5.74, 6) is 1.74. The lowest BCUT2D eigenvalue weighted by molar-refractivity contribution is 0.843. The molecule has 1 atom stereocenters. The molecule has 0 aliphatic carbocycles. The van der Waals surface area contributed by atoms with E-state index in [1.54, 1.807) is 5.96 Å². The highest BCUT2D eigenvalue weighted by Crippen LogP contribution is 1.83. The third kappa shape index (κ3) is 4.10. The summed E-state index contributed by atoms with van der Waals surface area (Å²) in [6.07, 6.45) is 0. The maximum atomic E-state index is 3.96. The van der Waals surface area contributed by atoms with Gasteiger partial charge in [0.2, 0.25) is 0 Å². The highest BCUT2D eigenvalue weighted by atomic mass is 31.0. The standard InChI is InChI=1S/C4H10NP/c1-4(2)5-3-6/h3-4H,6H2,1-2H3. The van der Waals surface area contributed by atoms with Crippen molar-refractivity contribution in [1.82, 2.24) is 0 Å². The van der Waals surface area contributed by atoms with Crippen molar-refractivity contribution in [2.75, 3.05) is 0 Å². The van der Waals surface area contributed by atoms with Crippen LogP contribution in [0, 0.1) is 0 Å². The molecule has 6 heavy (non-hydrogen) atoms. The fourth-order valence-corrected chi connectivity index (χ4v) is 0.516. The van der Waals surface area contributed by atoms with Crippen molar-refractivity contribution in [2.45, 2.75) is 19.9 Å². The molecule has 0 aliphatic rings. The van der Waals surface area contributed by atoms with Crippen LogP contribution in [0.5, 0.6) is 0 Å². The summed E-state index contributed by atoms with van der Waals surface area (Å²) in [5.41, 5.74) is 0. The Morgan fingerprint density at radius 3 is 2.17 bits per heavy atom. The van der Waals surface area contributed by atoms with Gasteiger partial charge in [-0.05, 0) is 13.8 Å². The SMILES string of the molecule is CC(C)N=CP. The molecule has 0 aromatic rings. The largest absolute Gasteiger partial charge is 0.291 e. The van der Waals surface area contributed by atoms with E-state index in [1.807, 2.05) is 13.8 Å². The first kappa shape index (κ1) is 6.10. The Kier molecular flexibility index (Phi) is 3.35. The second kappa shape index (κ2) is 3.30. The number of aliphatic imine (C=N–C) groups is 1. The second-order valence-corrected chi connectivity index (χ2v) is 1.69. The molecule has 0 bridgehead atoms. The average Bonchev–Trinajstić information content (AvgIpc) is 1.35. The van der Waals surface area contributed by atoms with E-state index in [4.69, 9.17) is 0 Å². The molecule has 0 N–H and O–H groups in total. The smallest absolute Gasteiger partial charge is 0.0443 e. The first-order valence-corrected chi connectivity index (χ1v) is 2.67. The first-order chi connectivity index (χ1) is 2.77. The van der Waals surface area contributed by atoms with Gasteiger partial charge in [-0.15, -0.1) is 0 Å². The maximum absolute atomic E-state index is 3.96. The lowest BCUT2D eigenvalue weighted by Crippen LogP contribution is -1.84. The highest BCUT2D eigenvalue weighted by Gasteiger charge is 1.76. The van der Waals surface area contributed by atoms with Crippen LogP contribution in [0.3, 0.4) is 0 Å². The average molecular weight is 103 g/mol. The van der Waals surface area contributed by atoms with Gasteiger partial charge >= 0.3 is 0 Å². The quantitative estimate of drug-likeness (QED) is 0.350. The van der Waals surface area contributed by atoms with Gasteiger partial charge in [-0.3, -0.25) is 4.99 Å². The zero-order valence-electron chi connectivity index (χ0n) is 4.18. The Bertz CT molecular complexity index is 49.5. The molecule has 1 unspecified atom stereocenters. The summed E-state index contributed by atoms with van der Waals surface area (Å²) in [7, 11) is 2.43. The first-order valence-electron chi connectivity index (χ1n) is 2.00. The summed E-state index contributed by atoms with van der Waals surface area (Å²) in [6, 6.07) is 0.447. The van der Waals surface area contributed by atoms with Crippen molar-refractivity contribution in [3.05, 3.63) is 0 Å². The van der Waals surface area contributed by atoms with E-state index in [0.29, 0.717) is 6.04 Å². The molecule has 0 saturated heterocycles. The van der Waals surface area contributed by atoms with E-state index in [-0.39, 0.29) is 0 Å². The Balaban J connectivity index is 3.03. The van der Waals surface area contributed by atoms with E-state index < -0.39 is 0 Å². The van der Waals surface area contributed by atoms with E-state index >= 15 is 0 Å². The molecule has 2 heteroatoms. The zero-order valence-corrected chi connectivity index (χ0v) is 5.33. The van der Waals surface area contributed by atoms with Crippen LogP contribution in [-0.4, -0.2) is 12.0 Å². The molecule has 0 aliphatic heterocycles.